The number of hydrogen-bond acceptors (Lipinski definition) is 4. The average molecular weight is 387 g/mol. The summed E-state index contributed by atoms with van der Waals surface area (Å²) in [6, 6.07) is 22.7. The third kappa shape index (κ3) is 5.29. The van der Waals surface area contributed by atoms with E-state index in [1.807, 2.05) is 6.07 Å². The quantitative estimate of drug-likeness (QED) is 0.648. The number of anilines is 1. The molecule has 6 heteroatoms. The van der Waals surface area contributed by atoms with Gasteiger partial charge in [0.25, 0.3) is 11.8 Å². The summed E-state index contributed by atoms with van der Waals surface area (Å²) in [6.07, 6.45) is 0.0907. The number of rotatable bonds is 7. The van der Waals surface area contributed by atoms with E-state index < -0.39 is 17.9 Å². The molecule has 0 spiro atoms. The lowest BCUT2D eigenvalue weighted by molar-refractivity contribution is -0.308. The highest BCUT2D eigenvalue weighted by Crippen LogP contribution is 2.17. The molecule has 0 aliphatic heterocycles. The Balaban J connectivity index is 1.76. The smallest absolute Gasteiger partial charge is 0.255 e. The van der Waals surface area contributed by atoms with Gasteiger partial charge in [0.2, 0.25) is 0 Å². The Hall–Kier alpha value is -3.93. The third-order valence-corrected chi connectivity index (χ3v) is 4.33. The SMILES string of the molecule is O=C(Nc1ccccc1C(=O)N[C@H](Cc1ccccc1)C(=O)[O-])c1ccccc1. The van der Waals surface area contributed by atoms with E-state index in [4.69, 9.17) is 0 Å². The monoisotopic (exact) mass is 387 g/mol. The lowest BCUT2D eigenvalue weighted by Gasteiger charge is -2.21. The van der Waals surface area contributed by atoms with Crippen LogP contribution in [0.15, 0.2) is 84.9 Å². The van der Waals surface area contributed by atoms with Crippen LogP contribution in [0.2, 0.25) is 0 Å². The molecule has 3 aromatic carbocycles. The molecule has 29 heavy (non-hydrogen) atoms. The van der Waals surface area contributed by atoms with E-state index in [0.29, 0.717) is 5.56 Å². The maximum atomic E-state index is 12.7. The number of carboxylic acids is 1. The summed E-state index contributed by atoms with van der Waals surface area (Å²) in [5.41, 5.74) is 1.65. The van der Waals surface area contributed by atoms with Gasteiger partial charge in [0.15, 0.2) is 0 Å². The van der Waals surface area contributed by atoms with Gasteiger partial charge in [-0.05, 0) is 36.2 Å². The van der Waals surface area contributed by atoms with Crippen LogP contribution >= 0.6 is 0 Å². The second-order valence-electron chi connectivity index (χ2n) is 6.40. The first-order valence-electron chi connectivity index (χ1n) is 9.05. The molecule has 0 saturated carbocycles. The molecule has 0 aromatic heterocycles. The number of carbonyl (C=O) groups excluding carboxylic acids is 3. The number of carbonyl (C=O) groups is 3. The molecule has 146 valence electrons. The highest BCUT2D eigenvalue weighted by atomic mass is 16.4. The van der Waals surface area contributed by atoms with Crippen molar-refractivity contribution in [3.8, 4) is 0 Å². The van der Waals surface area contributed by atoms with Crippen molar-refractivity contribution in [3.05, 3.63) is 102 Å². The molecule has 0 fully saturated rings. The lowest BCUT2D eigenvalue weighted by atomic mass is 10.0. The summed E-state index contributed by atoms with van der Waals surface area (Å²) in [4.78, 5) is 36.7. The van der Waals surface area contributed by atoms with Gasteiger partial charge in [0.1, 0.15) is 0 Å². The molecule has 3 aromatic rings. The van der Waals surface area contributed by atoms with E-state index in [-0.39, 0.29) is 23.6 Å². The summed E-state index contributed by atoms with van der Waals surface area (Å²) >= 11 is 0. The van der Waals surface area contributed by atoms with E-state index in [2.05, 4.69) is 10.6 Å². The Morgan fingerprint density at radius 1 is 0.759 bits per heavy atom. The van der Waals surface area contributed by atoms with Gasteiger partial charge >= 0.3 is 0 Å². The first-order chi connectivity index (χ1) is 14.0. The third-order valence-electron chi connectivity index (χ3n) is 4.33. The molecule has 1 atom stereocenters. The van der Waals surface area contributed by atoms with Crippen molar-refractivity contribution in [1.82, 2.24) is 5.32 Å². The number of hydrogen-bond donors (Lipinski definition) is 2. The lowest BCUT2D eigenvalue weighted by Crippen LogP contribution is -2.49. The molecular weight excluding hydrogens is 368 g/mol. The zero-order valence-electron chi connectivity index (χ0n) is 15.5. The van der Waals surface area contributed by atoms with Gasteiger partial charge in [0.05, 0.1) is 23.3 Å². The number of aliphatic carboxylic acids is 1. The molecule has 0 bridgehead atoms. The van der Waals surface area contributed by atoms with Crippen molar-refractivity contribution in [3.63, 3.8) is 0 Å². The fourth-order valence-electron chi connectivity index (χ4n) is 2.85. The predicted octanol–water partition coefficient (Wildman–Crippen LogP) is 2.03. The number of para-hydroxylation sites is 1. The van der Waals surface area contributed by atoms with Gasteiger partial charge in [-0.15, -0.1) is 0 Å². The van der Waals surface area contributed by atoms with Crippen LogP contribution in [0.25, 0.3) is 0 Å². The normalized spacial score (nSPS) is 11.3. The van der Waals surface area contributed by atoms with Crippen LogP contribution in [-0.2, 0) is 11.2 Å². The maximum absolute atomic E-state index is 12.7. The molecule has 0 saturated heterocycles. The number of amides is 2. The van der Waals surface area contributed by atoms with Crippen molar-refractivity contribution in [1.29, 1.82) is 0 Å². The van der Waals surface area contributed by atoms with Crippen molar-refractivity contribution < 1.29 is 19.5 Å². The highest BCUT2D eigenvalue weighted by Gasteiger charge is 2.19. The Morgan fingerprint density at radius 3 is 2.00 bits per heavy atom. The van der Waals surface area contributed by atoms with Crippen LogP contribution in [0.3, 0.4) is 0 Å². The molecule has 0 aliphatic carbocycles. The number of nitrogens with one attached hydrogen (secondary N) is 2. The fraction of sp³-hybridized carbons (Fsp3) is 0.0870. The molecule has 2 amide bonds. The second kappa shape index (κ2) is 9.32. The number of carboxylic acid groups (broad SMARTS) is 1. The first-order valence-corrected chi connectivity index (χ1v) is 9.05. The minimum Gasteiger partial charge on any atom is -0.548 e. The first kappa shape index (κ1) is 19.8. The molecule has 0 unspecified atom stereocenters. The number of benzene rings is 3. The van der Waals surface area contributed by atoms with Crippen LogP contribution in [0.1, 0.15) is 26.3 Å². The Bertz CT molecular complexity index is 1000. The Kier molecular flexibility index (Phi) is 6.37. The molecule has 0 heterocycles. The van der Waals surface area contributed by atoms with E-state index in [0.717, 1.165) is 5.56 Å². The topological polar surface area (TPSA) is 98.3 Å². The van der Waals surface area contributed by atoms with Crippen molar-refractivity contribution in [2.45, 2.75) is 12.5 Å². The van der Waals surface area contributed by atoms with Crippen molar-refractivity contribution in [2.75, 3.05) is 5.32 Å². The van der Waals surface area contributed by atoms with Crippen LogP contribution in [0.4, 0.5) is 5.69 Å². The highest BCUT2D eigenvalue weighted by molar-refractivity contribution is 6.09. The van der Waals surface area contributed by atoms with Crippen molar-refractivity contribution in [2.24, 2.45) is 0 Å². The summed E-state index contributed by atoms with van der Waals surface area (Å²) in [6.45, 7) is 0. The van der Waals surface area contributed by atoms with E-state index >= 15 is 0 Å². The van der Waals surface area contributed by atoms with E-state index in [1.165, 1.54) is 6.07 Å². The van der Waals surface area contributed by atoms with E-state index in [1.54, 1.807) is 72.8 Å². The van der Waals surface area contributed by atoms with Gasteiger partial charge in [-0.25, -0.2) is 0 Å². The zero-order valence-corrected chi connectivity index (χ0v) is 15.5. The van der Waals surface area contributed by atoms with Crippen LogP contribution in [0, 0.1) is 0 Å². The van der Waals surface area contributed by atoms with Crippen molar-refractivity contribution >= 4 is 23.5 Å². The van der Waals surface area contributed by atoms with Gasteiger partial charge in [0, 0.05) is 5.56 Å². The van der Waals surface area contributed by atoms with Crippen LogP contribution < -0.4 is 15.7 Å². The Morgan fingerprint density at radius 2 is 1.34 bits per heavy atom. The van der Waals surface area contributed by atoms with Gasteiger partial charge < -0.3 is 20.5 Å². The average Bonchev–Trinajstić information content (AvgIpc) is 2.75. The van der Waals surface area contributed by atoms with Crippen LogP contribution in [-0.4, -0.2) is 23.8 Å². The predicted molar refractivity (Wildman–Crippen MR) is 107 cm³/mol. The van der Waals surface area contributed by atoms with Gasteiger partial charge in [-0.2, -0.15) is 0 Å². The molecular formula is C23H19N2O4-. The minimum atomic E-state index is -1.38. The zero-order chi connectivity index (χ0) is 20.6. The minimum absolute atomic E-state index is 0.0907. The largest absolute Gasteiger partial charge is 0.548 e. The van der Waals surface area contributed by atoms with Crippen LogP contribution in [0.5, 0.6) is 0 Å². The molecule has 3 rings (SSSR count). The summed E-state index contributed by atoms with van der Waals surface area (Å²) in [5, 5.41) is 16.7. The van der Waals surface area contributed by atoms with E-state index in [9.17, 15) is 19.5 Å². The Labute approximate surface area is 168 Å². The second-order valence-corrected chi connectivity index (χ2v) is 6.40. The molecule has 0 aliphatic rings. The molecule has 6 nitrogen and oxygen atoms in total. The van der Waals surface area contributed by atoms with Gasteiger partial charge in [-0.1, -0.05) is 60.7 Å². The summed E-state index contributed by atoms with van der Waals surface area (Å²) in [7, 11) is 0. The van der Waals surface area contributed by atoms with Gasteiger partial charge in [-0.3, -0.25) is 9.59 Å². The standard InChI is InChI=1S/C23H20N2O4/c26-21(17-11-5-2-6-12-17)24-19-14-8-7-13-18(19)22(27)25-20(23(28)29)15-16-9-3-1-4-10-16/h1-14,20H,15H2,(H,24,26)(H,25,27)(H,28,29)/p-1/t20-/m1/s1. The maximum Gasteiger partial charge on any atom is 0.255 e. The molecule has 2 N–H and O–H groups in total. The molecule has 0 radical (unpaired) electrons. The summed E-state index contributed by atoms with van der Waals surface area (Å²) < 4.78 is 0. The fourth-order valence-corrected chi connectivity index (χ4v) is 2.85. The summed E-state index contributed by atoms with van der Waals surface area (Å²) in [5.74, 6) is -2.36.